The first kappa shape index (κ1) is 17.7. The summed E-state index contributed by atoms with van der Waals surface area (Å²) >= 11 is 0. The van der Waals surface area contributed by atoms with Crippen LogP contribution in [0, 0.1) is 0 Å². The monoisotopic (exact) mass is 347 g/mol. The largest absolute Gasteiger partial charge is 0.467 e. The highest BCUT2D eigenvalue weighted by molar-refractivity contribution is 6.10. The van der Waals surface area contributed by atoms with Gasteiger partial charge in [0.05, 0.1) is 7.11 Å². The number of Topliss-reactive ketones (excluding diaryl/α,β-unsaturated/α-hetero) is 1. The van der Waals surface area contributed by atoms with Crippen LogP contribution in [0.25, 0.3) is 0 Å². The molecule has 2 unspecified atom stereocenters. The van der Waals surface area contributed by atoms with E-state index in [1.807, 2.05) is 60.8 Å². The van der Waals surface area contributed by atoms with Crippen molar-refractivity contribution in [3.8, 4) is 0 Å². The molecule has 0 aliphatic carbocycles. The molecule has 0 amide bonds. The van der Waals surface area contributed by atoms with Crippen molar-refractivity contribution >= 4 is 11.8 Å². The molecule has 1 heterocycles. The number of methoxy groups -OCH3 is 1. The second kappa shape index (κ2) is 7.83. The molecule has 1 aliphatic heterocycles. The minimum absolute atomic E-state index is 0.0501. The van der Waals surface area contributed by atoms with E-state index >= 15 is 0 Å². The number of carbonyl (C=O) groups excluding carboxylic acids is 2. The third-order valence-electron chi connectivity index (χ3n) is 4.52. The summed E-state index contributed by atoms with van der Waals surface area (Å²) < 4.78 is 4.83. The Morgan fingerprint density at radius 1 is 1.00 bits per heavy atom. The van der Waals surface area contributed by atoms with Gasteiger partial charge in [-0.15, -0.1) is 0 Å². The molecule has 26 heavy (non-hydrogen) atoms. The summed E-state index contributed by atoms with van der Waals surface area (Å²) in [5.74, 6) is -0.563. The molecule has 0 saturated heterocycles. The number of benzene rings is 2. The van der Waals surface area contributed by atoms with Crippen molar-refractivity contribution in [2.24, 2.45) is 0 Å². The van der Waals surface area contributed by atoms with Crippen molar-refractivity contribution in [3.05, 3.63) is 95.8 Å². The lowest BCUT2D eigenvalue weighted by Crippen LogP contribution is -2.35. The fraction of sp³-hybridized carbons (Fsp3) is 0.182. The van der Waals surface area contributed by atoms with Gasteiger partial charge in [0.25, 0.3) is 0 Å². The molecule has 2 aromatic carbocycles. The molecule has 1 aliphatic rings. The Morgan fingerprint density at radius 3 is 2.23 bits per heavy atom. The van der Waals surface area contributed by atoms with Crippen molar-refractivity contribution in [1.82, 2.24) is 4.90 Å². The van der Waals surface area contributed by atoms with Crippen LogP contribution in [0.15, 0.2) is 84.7 Å². The molecule has 3 rings (SSSR count). The zero-order chi connectivity index (χ0) is 18.5. The number of hydrogen-bond donors (Lipinski definition) is 0. The second-order valence-corrected chi connectivity index (χ2v) is 6.16. The van der Waals surface area contributed by atoms with Gasteiger partial charge >= 0.3 is 5.97 Å². The zero-order valence-corrected chi connectivity index (χ0v) is 14.8. The normalized spacial score (nSPS) is 17.4. The highest BCUT2D eigenvalue weighted by Crippen LogP contribution is 2.32. The van der Waals surface area contributed by atoms with Gasteiger partial charge in [0.1, 0.15) is 6.04 Å². The van der Waals surface area contributed by atoms with Crippen LogP contribution in [0.1, 0.15) is 28.8 Å². The van der Waals surface area contributed by atoms with E-state index < -0.39 is 6.04 Å². The molecule has 4 heteroatoms. The Labute approximate surface area is 153 Å². The van der Waals surface area contributed by atoms with Gasteiger partial charge in [-0.25, -0.2) is 4.79 Å². The predicted octanol–water partition coefficient (Wildman–Crippen LogP) is 3.93. The summed E-state index contributed by atoms with van der Waals surface area (Å²) in [6, 6.07) is 18.5. The molecular weight excluding hydrogens is 326 g/mol. The maximum atomic E-state index is 13.1. The fourth-order valence-electron chi connectivity index (χ4n) is 3.01. The molecular formula is C22H21NO3. The van der Waals surface area contributed by atoms with Crippen molar-refractivity contribution < 1.29 is 14.3 Å². The van der Waals surface area contributed by atoms with Crippen LogP contribution in [-0.4, -0.2) is 29.8 Å². The second-order valence-electron chi connectivity index (χ2n) is 6.16. The molecule has 0 N–H and O–H groups in total. The molecule has 132 valence electrons. The van der Waals surface area contributed by atoms with Crippen LogP contribution in [0.4, 0.5) is 0 Å². The lowest BCUT2D eigenvalue weighted by atomic mass is 9.85. The van der Waals surface area contributed by atoms with Crippen molar-refractivity contribution in [2.75, 3.05) is 7.11 Å². The highest BCUT2D eigenvalue weighted by atomic mass is 16.5. The topological polar surface area (TPSA) is 46.6 Å². The van der Waals surface area contributed by atoms with Gasteiger partial charge < -0.3 is 9.64 Å². The van der Waals surface area contributed by atoms with E-state index in [-0.39, 0.29) is 17.7 Å². The summed E-state index contributed by atoms with van der Waals surface area (Å²) in [6.45, 7) is 1.75. The molecule has 0 fully saturated rings. The minimum Gasteiger partial charge on any atom is -0.467 e. The van der Waals surface area contributed by atoms with Gasteiger partial charge in [-0.05, 0) is 12.5 Å². The van der Waals surface area contributed by atoms with Crippen molar-refractivity contribution in [2.45, 2.75) is 18.9 Å². The summed E-state index contributed by atoms with van der Waals surface area (Å²) in [5.41, 5.74) is 2.28. The number of hydrogen-bond acceptors (Lipinski definition) is 4. The molecule has 2 atom stereocenters. The predicted molar refractivity (Wildman–Crippen MR) is 100 cm³/mol. The highest BCUT2D eigenvalue weighted by Gasteiger charge is 2.28. The number of ether oxygens (including phenoxy) is 1. The quantitative estimate of drug-likeness (QED) is 0.607. The summed E-state index contributed by atoms with van der Waals surface area (Å²) in [5, 5.41) is 0. The van der Waals surface area contributed by atoms with E-state index in [0.717, 1.165) is 5.56 Å². The van der Waals surface area contributed by atoms with Gasteiger partial charge in [-0.3, -0.25) is 4.79 Å². The van der Waals surface area contributed by atoms with Crippen molar-refractivity contribution in [1.29, 1.82) is 0 Å². The van der Waals surface area contributed by atoms with E-state index in [0.29, 0.717) is 11.1 Å². The van der Waals surface area contributed by atoms with E-state index in [1.165, 1.54) is 7.11 Å². The Balaban J connectivity index is 2.00. The minimum atomic E-state index is -0.508. The number of allylic oxidation sites excluding steroid dienone is 2. The number of esters is 1. The van der Waals surface area contributed by atoms with E-state index in [1.54, 1.807) is 30.2 Å². The average Bonchev–Trinajstić information content (AvgIpc) is 2.73. The van der Waals surface area contributed by atoms with Crippen LogP contribution in [0.2, 0.25) is 0 Å². The Bertz CT molecular complexity index is 840. The maximum absolute atomic E-state index is 13.1. The van der Waals surface area contributed by atoms with Gasteiger partial charge in [0.2, 0.25) is 0 Å². The molecule has 0 aromatic heterocycles. The van der Waals surface area contributed by atoms with Crippen LogP contribution in [-0.2, 0) is 9.53 Å². The first-order valence-electron chi connectivity index (χ1n) is 8.52. The van der Waals surface area contributed by atoms with Crippen LogP contribution in [0.3, 0.4) is 0 Å². The van der Waals surface area contributed by atoms with Gasteiger partial charge in [0, 0.05) is 29.5 Å². The lowest BCUT2D eigenvalue weighted by molar-refractivity contribution is -0.144. The lowest BCUT2D eigenvalue weighted by Gasteiger charge is -2.29. The number of nitrogens with zero attached hydrogens (tertiary/aromatic N) is 1. The molecule has 0 bridgehead atoms. The van der Waals surface area contributed by atoms with Gasteiger partial charge in [-0.1, -0.05) is 66.7 Å². The molecule has 4 nitrogen and oxygen atoms in total. The van der Waals surface area contributed by atoms with Gasteiger partial charge in [0.15, 0.2) is 5.78 Å². The first-order valence-corrected chi connectivity index (χ1v) is 8.52. The van der Waals surface area contributed by atoms with E-state index in [2.05, 4.69) is 0 Å². The SMILES string of the molecule is COC(=O)C(C)N1C=CC(c2ccccc2)C(C(=O)c2ccccc2)=C1. The summed E-state index contributed by atoms with van der Waals surface area (Å²) in [7, 11) is 1.36. The van der Waals surface area contributed by atoms with Crippen LogP contribution >= 0.6 is 0 Å². The maximum Gasteiger partial charge on any atom is 0.328 e. The fourth-order valence-corrected chi connectivity index (χ4v) is 3.01. The average molecular weight is 347 g/mol. The zero-order valence-electron chi connectivity index (χ0n) is 14.8. The van der Waals surface area contributed by atoms with Crippen LogP contribution in [0.5, 0.6) is 0 Å². The number of ketones is 1. The Kier molecular flexibility index (Phi) is 5.32. The molecule has 0 spiro atoms. The van der Waals surface area contributed by atoms with E-state index in [4.69, 9.17) is 4.74 Å². The first-order chi connectivity index (χ1) is 12.6. The molecule has 0 radical (unpaired) electrons. The number of carbonyl (C=O) groups is 2. The van der Waals surface area contributed by atoms with Crippen LogP contribution < -0.4 is 0 Å². The van der Waals surface area contributed by atoms with Gasteiger partial charge in [-0.2, -0.15) is 0 Å². The smallest absolute Gasteiger partial charge is 0.328 e. The molecule has 0 saturated carbocycles. The third-order valence-corrected chi connectivity index (χ3v) is 4.52. The Morgan fingerprint density at radius 2 is 1.62 bits per heavy atom. The Hall–Kier alpha value is -3.14. The van der Waals surface area contributed by atoms with E-state index in [9.17, 15) is 9.59 Å². The summed E-state index contributed by atoms with van der Waals surface area (Å²) in [4.78, 5) is 26.8. The van der Waals surface area contributed by atoms with Crippen molar-refractivity contribution in [3.63, 3.8) is 0 Å². The third kappa shape index (κ3) is 3.59. The summed E-state index contributed by atoms with van der Waals surface area (Å²) in [6.07, 6.45) is 5.54. The number of rotatable bonds is 5. The standard InChI is InChI=1S/C22H21NO3/c1-16(22(25)26-2)23-14-13-19(17-9-5-3-6-10-17)20(15-23)21(24)18-11-7-4-8-12-18/h3-16,19H,1-2H3. The molecule has 2 aromatic rings.